The molecular weight excluding hydrogens is 497 g/mol. The number of hydrogen-bond acceptors (Lipinski definition) is 4. The zero-order chi connectivity index (χ0) is 21.3. The molecular formula is C21H18IN5O3. The van der Waals surface area contributed by atoms with E-state index in [0.29, 0.717) is 34.7 Å². The molecule has 3 aromatic rings. The van der Waals surface area contributed by atoms with Crippen LogP contribution in [-0.4, -0.2) is 21.6 Å². The first-order valence-corrected chi connectivity index (χ1v) is 9.81. The lowest BCUT2D eigenvalue weighted by molar-refractivity contribution is -0.112. The highest BCUT2D eigenvalue weighted by atomic mass is 127. The molecule has 0 radical (unpaired) electrons. The van der Waals surface area contributed by atoms with Gasteiger partial charge in [-0.2, -0.15) is 3.22 Å². The monoisotopic (exact) mass is 515 g/mol. The highest BCUT2D eigenvalue weighted by molar-refractivity contribution is 14.1. The van der Waals surface area contributed by atoms with Crippen molar-refractivity contribution in [2.45, 2.75) is 0 Å². The van der Waals surface area contributed by atoms with Crippen LogP contribution in [0.25, 0.3) is 0 Å². The minimum Gasteiger partial charge on any atom is -0.322 e. The first-order chi connectivity index (χ1) is 14.5. The molecule has 0 bridgehead atoms. The van der Waals surface area contributed by atoms with Gasteiger partial charge in [-0.05, 0) is 54.6 Å². The lowest BCUT2D eigenvalue weighted by atomic mass is 10.2. The fraction of sp³-hybridized carbons (Fsp3) is 0. The smallest absolute Gasteiger partial charge is 0.322 e. The van der Waals surface area contributed by atoms with Crippen molar-refractivity contribution in [2.24, 2.45) is 0 Å². The van der Waals surface area contributed by atoms with Gasteiger partial charge in [0.15, 0.2) is 0 Å². The number of benzene rings is 3. The second-order valence-corrected chi connectivity index (χ2v) is 7.13. The number of nitrogens with one attached hydrogen (secondary N) is 4. The molecule has 4 amide bonds. The highest BCUT2D eigenvalue weighted by Gasteiger charge is 2.07. The lowest BCUT2D eigenvalue weighted by Gasteiger charge is -2.12. The third-order valence-electron chi connectivity index (χ3n) is 3.89. The van der Waals surface area contributed by atoms with E-state index in [1.54, 1.807) is 72.8 Å². The third kappa shape index (κ3) is 6.21. The van der Waals surface area contributed by atoms with Crippen LogP contribution >= 0.6 is 22.9 Å². The first-order valence-electron chi connectivity index (χ1n) is 8.85. The largest absolute Gasteiger partial charge is 0.323 e. The molecule has 0 aromatic heterocycles. The van der Waals surface area contributed by atoms with Gasteiger partial charge in [0.05, 0.1) is 28.6 Å². The Labute approximate surface area is 187 Å². The van der Waals surface area contributed by atoms with Gasteiger partial charge < -0.3 is 16.0 Å². The van der Waals surface area contributed by atoms with Crippen LogP contribution < -0.4 is 21.4 Å². The molecule has 0 aliphatic rings. The molecule has 0 saturated carbocycles. The minimum atomic E-state index is -0.425. The van der Waals surface area contributed by atoms with Gasteiger partial charge >= 0.3 is 6.03 Å². The van der Waals surface area contributed by atoms with Crippen LogP contribution in [0.15, 0.2) is 78.9 Å². The number of halogens is 1. The number of carbonyl (C=O) groups excluding carboxylic acids is 3. The van der Waals surface area contributed by atoms with Crippen molar-refractivity contribution in [3.63, 3.8) is 0 Å². The van der Waals surface area contributed by atoms with Crippen LogP contribution in [0.2, 0.25) is 0 Å². The average molecular weight is 515 g/mol. The fourth-order valence-electron chi connectivity index (χ4n) is 2.54. The fourth-order valence-corrected chi connectivity index (χ4v) is 2.82. The Morgan fingerprint density at radius 3 is 2.00 bits per heavy atom. The maximum atomic E-state index is 12.3. The Kier molecular flexibility index (Phi) is 7.22. The summed E-state index contributed by atoms with van der Waals surface area (Å²) in [7, 11) is 0. The van der Waals surface area contributed by atoms with Gasteiger partial charge in [-0.3, -0.25) is 15.0 Å². The number of amides is 4. The summed E-state index contributed by atoms with van der Waals surface area (Å²) in [5.74, 6) is -0.231. The zero-order valence-corrected chi connectivity index (χ0v) is 17.8. The molecule has 4 N–H and O–H groups in total. The summed E-state index contributed by atoms with van der Waals surface area (Å²) in [5, 5.41) is 8.25. The predicted molar refractivity (Wildman–Crippen MR) is 125 cm³/mol. The van der Waals surface area contributed by atoms with Crippen molar-refractivity contribution in [2.75, 3.05) is 21.4 Å². The Balaban J connectivity index is 1.57. The maximum Gasteiger partial charge on any atom is 0.323 e. The van der Waals surface area contributed by atoms with Gasteiger partial charge in [-0.1, -0.05) is 24.3 Å². The van der Waals surface area contributed by atoms with Crippen molar-refractivity contribution in [3.8, 4) is 0 Å². The molecule has 0 aliphatic heterocycles. The summed E-state index contributed by atoms with van der Waals surface area (Å²) in [5.41, 5.74) is 5.76. The molecule has 3 aromatic carbocycles. The van der Waals surface area contributed by atoms with E-state index in [1.165, 1.54) is 3.22 Å². The lowest BCUT2D eigenvalue weighted by Crippen LogP contribution is -2.20. The van der Waals surface area contributed by atoms with E-state index >= 15 is 0 Å². The number of anilines is 4. The summed E-state index contributed by atoms with van der Waals surface area (Å²) >= 11 is 1.81. The van der Waals surface area contributed by atoms with E-state index < -0.39 is 6.03 Å². The number of hydrazine groups is 1. The maximum absolute atomic E-state index is 12.3. The summed E-state index contributed by atoms with van der Waals surface area (Å²) in [6.07, 6.45) is 0.635. The number of hydrogen-bond donors (Lipinski definition) is 4. The van der Waals surface area contributed by atoms with Crippen molar-refractivity contribution in [3.05, 3.63) is 84.4 Å². The molecule has 8 nitrogen and oxygen atoms in total. The summed E-state index contributed by atoms with van der Waals surface area (Å²) < 4.78 is 1.25. The molecule has 0 aliphatic carbocycles. The quantitative estimate of drug-likeness (QED) is 0.158. The molecule has 0 heterocycles. The van der Waals surface area contributed by atoms with Gasteiger partial charge in [0.2, 0.25) is 6.41 Å². The van der Waals surface area contributed by atoms with Crippen molar-refractivity contribution in [1.82, 2.24) is 3.22 Å². The molecule has 0 fully saturated rings. The molecule has 0 atom stereocenters. The van der Waals surface area contributed by atoms with Crippen molar-refractivity contribution < 1.29 is 14.4 Å². The van der Waals surface area contributed by atoms with Crippen LogP contribution in [0.5, 0.6) is 0 Å². The molecule has 3 rings (SSSR count). The molecule has 0 saturated heterocycles. The van der Waals surface area contributed by atoms with Gasteiger partial charge in [-0.15, -0.1) is 0 Å². The first kappa shape index (κ1) is 21.1. The number of nitrogens with zero attached hydrogens (tertiary/aromatic N) is 1. The van der Waals surface area contributed by atoms with Crippen LogP contribution in [0, 0.1) is 0 Å². The number of carbonyl (C=O) groups is 3. The van der Waals surface area contributed by atoms with Crippen LogP contribution in [0.4, 0.5) is 27.5 Å². The predicted octanol–water partition coefficient (Wildman–Crippen LogP) is 4.72. The van der Waals surface area contributed by atoms with Gasteiger partial charge in [0, 0.05) is 22.6 Å². The Morgan fingerprint density at radius 2 is 1.33 bits per heavy atom. The second-order valence-electron chi connectivity index (χ2n) is 6.09. The second kappa shape index (κ2) is 10.3. The molecule has 9 heteroatoms. The van der Waals surface area contributed by atoms with Crippen molar-refractivity contribution >= 4 is 64.0 Å². The minimum absolute atomic E-state index is 0.231. The van der Waals surface area contributed by atoms with E-state index in [-0.39, 0.29) is 5.91 Å². The molecule has 30 heavy (non-hydrogen) atoms. The topological polar surface area (TPSA) is 103 Å². The summed E-state index contributed by atoms with van der Waals surface area (Å²) in [6, 6.07) is 22.2. The summed E-state index contributed by atoms with van der Waals surface area (Å²) in [4.78, 5) is 35.1. The van der Waals surface area contributed by atoms with Gasteiger partial charge in [-0.25, -0.2) is 4.79 Å². The normalized spacial score (nSPS) is 9.90. The van der Waals surface area contributed by atoms with E-state index in [0.717, 1.165) is 0 Å². The third-order valence-corrected chi connectivity index (χ3v) is 4.35. The number of urea groups is 1. The molecule has 152 valence electrons. The Bertz CT molecular complexity index is 1030. The Morgan fingerprint density at radius 1 is 0.733 bits per heavy atom. The van der Waals surface area contributed by atoms with E-state index in [2.05, 4.69) is 21.4 Å². The van der Waals surface area contributed by atoms with Gasteiger partial charge in [0.25, 0.3) is 5.91 Å². The van der Waals surface area contributed by atoms with E-state index in [9.17, 15) is 14.4 Å². The van der Waals surface area contributed by atoms with E-state index in [4.69, 9.17) is 0 Å². The van der Waals surface area contributed by atoms with Crippen molar-refractivity contribution in [1.29, 1.82) is 0 Å². The standard InChI is InChI=1S/C21H18IN5O3/c22-27(14-28)26-17-11-9-16(10-12-17)24-21(30)25-19-8-4-7-18(13-19)23-20(29)15-5-2-1-3-6-15/h1-14,26H,(H,23,29)(H2,24,25,30). The zero-order valence-electron chi connectivity index (χ0n) is 15.6. The molecule has 0 spiro atoms. The van der Waals surface area contributed by atoms with Gasteiger partial charge in [0.1, 0.15) is 0 Å². The SMILES string of the molecule is O=CN(I)Nc1ccc(NC(=O)Nc2cccc(NC(=O)c3ccccc3)c2)cc1. The van der Waals surface area contributed by atoms with Crippen LogP contribution in [0.1, 0.15) is 10.4 Å². The number of rotatable bonds is 7. The highest BCUT2D eigenvalue weighted by Crippen LogP contribution is 2.18. The van der Waals surface area contributed by atoms with Crippen LogP contribution in [-0.2, 0) is 4.79 Å². The molecule has 0 unspecified atom stereocenters. The summed E-state index contributed by atoms with van der Waals surface area (Å²) in [6.45, 7) is 0. The average Bonchev–Trinajstić information content (AvgIpc) is 2.76. The van der Waals surface area contributed by atoms with E-state index in [1.807, 2.05) is 28.9 Å². The van der Waals surface area contributed by atoms with Crippen LogP contribution in [0.3, 0.4) is 0 Å². The Hall–Kier alpha value is -3.60.